The molecule has 1 aliphatic carbocycles. The van der Waals surface area contributed by atoms with Gasteiger partial charge in [0.05, 0.1) is 6.61 Å². The second-order valence-electron chi connectivity index (χ2n) is 5.37. The first-order valence-corrected chi connectivity index (χ1v) is 6.92. The third-order valence-corrected chi connectivity index (χ3v) is 3.50. The zero-order valence-electron chi connectivity index (χ0n) is 11.6. The van der Waals surface area contributed by atoms with E-state index in [9.17, 15) is 4.39 Å². The lowest BCUT2D eigenvalue weighted by molar-refractivity contribution is 0.102. The van der Waals surface area contributed by atoms with Crippen molar-refractivity contribution in [2.75, 3.05) is 26.8 Å². The topological polar surface area (TPSA) is 38.5 Å². The number of hydrogen-bond acceptors (Lipinski definition) is 3. The smallest absolute Gasteiger partial charge is 0.123 e. The summed E-state index contributed by atoms with van der Waals surface area (Å²) in [4.78, 5) is 2.18. The van der Waals surface area contributed by atoms with Gasteiger partial charge < -0.3 is 10.5 Å². The average Bonchev–Trinajstić information content (AvgIpc) is 3.21. The standard InChI is InChI=1S/C15H23FN2O/c1-18(6-7-19-11-12-2-3-12)10-13-4-5-15(16)8-14(13)9-17/h4-5,8,12H,2-3,6-7,9-11,17H2,1H3. The normalized spacial score (nSPS) is 15.2. The molecule has 1 aromatic rings. The van der Waals surface area contributed by atoms with E-state index in [0.29, 0.717) is 6.54 Å². The van der Waals surface area contributed by atoms with Gasteiger partial charge in [-0.3, -0.25) is 4.90 Å². The second kappa shape index (κ2) is 6.98. The van der Waals surface area contributed by atoms with E-state index in [4.69, 9.17) is 10.5 Å². The lowest BCUT2D eigenvalue weighted by Gasteiger charge is -2.18. The molecule has 0 spiro atoms. The molecule has 0 saturated heterocycles. The highest BCUT2D eigenvalue weighted by Gasteiger charge is 2.20. The maximum atomic E-state index is 13.1. The highest BCUT2D eigenvalue weighted by Crippen LogP contribution is 2.28. The van der Waals surface area contributed by atoms with Crippen LogP contribution >= 0.6 is 0 Å². The third-order valence-electron chi connectivity index (χ3n) is 3.50. The van der Waals surface area contributed by atoms with Gasteiger partial charge in [-0.05, 0) is 49.1 Å². The van der Waals surface area contributed by atoms with Crippen LogP contribution < -0.4 is 5.73 Å². The highest BCUT2D eigenvalue weighted by molar-refractivity contribution is 5.27. The molecule has 1 fully saturated rings. The van der Waals surface area contributed by atoms with E-state index in [0.717, 1.165) is 43.3 Å². The summed E-state index contributed by atoms with van der Waals surface area (Å²) in [6, 6.07) is 4.83. The third kappa shape index (κ3) is 4.90. The molecule has 0 bridgehead atoms. The van der Waals surface area contributed by atoms with Crippen molar-refractivity contribution in [2.45, 2.75) is 25.9 Å². The molecule has 106 valence electrons. The van der Waals surface area contributed by atoms with E-state index >= 15 is 0 Å². The van der Waals surface area contributed by atoms with E-state index in [-0.39, 0.29) is 5.82 Å². The first kappa shape index (κ1) is 14.4. The molecule has 1 aliphatic rings. The molecule has 0 aromatic heterocycles. The van der Waals surface area contributed by atoms with Crippen molar-refractivity contribution >= 4 is 0 Å². The number of halogens is 1. The Balaban J connectivity index is 1.75. The summed E-state index contributed by atoms with van der Waals surface area (Å²) in [5.74, 6) is 0.589. The van der Waals surface area contributed by atoms with Crippen molar-refractivity contribution in [3.63, 3.8) is 0 Å². The van der Waals surface area contributed by atoms with Crippen LogP contribution in [0.15, 0.2) is 18.2 Å². The van der Waals surface area contributed by atoms with Gasteiger partial charge in [0.1, 0.15) is 5.82 Å². The summed E-state index contributed by atoms with van der Waals surface area (Å²) in [6.45, 7) is 3.69. The van der Waals surface area contributed by atoms with Gasteiger partial charge >= 0.3 is 0 Å². The minimum absolute atomic E-state index is 0.223. The van der Waals surface area contributed by atoms with Crippen molar-refractivity contribution in [1.29, 1.82) is 0 Å². The molecule has 4 heteroatoms. The SMILES string of the molecule is CN(CCOCC1CC1)Cc1ccc(F)cc1CN. The van der Waals surface area contributed by atoms with Crippen LogP contribution in [0, 0.1) is 11.7 Å². The fourth-order valence-electron chi connectivity index (χ4n) is 2.06. The maximum Gasteiger partial charge on any atom is 0.123 e. The van der Waals surface area contributed by atoms with E-state index in [1.54, 1.807) is 0 Å². The number of ether oxygens (including phenoxy) is 1. The Labute approximate surface area is 114 Å². The van der Waals surface area contributed by atoms with Crippen LogP contribution in [0.5, 0.6) is 0 Å². The summed E-state index contributed by atoms with van der Waals surface area (Å²) in [5.41, 5.74) is 7.62. The van der Waals surface area contributed by atoms with E-state index in [2.05, 4.69) is 4.90 Å². The summed E-state index contributed by atoms with van der Waals surface area (Å²) >= 11 is 0. The monoisotopic (exact) mass is 266 g/mol. The van der Waals surface area contributed by atoms with E-state index in [1.807, 2.05) is 13.1 Å². The Bertz CT molecular complexity index is 407. The molecule has 2 N–H and O–H groups in total. The predicted molar refractivity (Wildman–Crippen MR) is 74.2 cm³/mol. The largest absolute Gasteiger partial charge is 0.380 e. The van der Waals surface area contributed by atoms with Crippen molar-refractivity contribution in [3.8, 4) is 0 Å². The van der Waals surface area contributed by atoms with Crippen LogP contribution in [0.4, 0.5) is 4.39 Å². The Morgan fingerprint density at radius 3 is 2.84 bits per heavy atom. The zero-order chi connectivity index (χ0) is 13.7. The zero-order valence-corrected chi connectivity index (χ0v) is 11.6. The fourth-order valence-corrected chi connectivity index (χ4v) is 2.06. The number of rotatable bonds is 8. The van der Waals surface area contributed by atoms with Crippen molar-refractivity contribution in [2.24, 2.45) is 11.7 Å². The first-order valence-electron chi connectivity index (χ1n) is 6.92. The minimum atomic E-state index is -0.223. The molecule has 19 heavy (non-hydrogen) atoms. The molecule has 0 atom stereocenters. The van der Waals surface area contributed by atoms with Crippen LogP contribution in [0.2, 0.25) is 0 Å². The molecule has 1 saturated carbocycles. The molecule has 1 aromatic carbocycles. The summed E-state index contributed by atoms with van der Waals surface area (Å²) in [7, 11) is 2.05. The van der Waals surface area contributed by atoms with E-state index in [1.165, 1.54) is 25.0 Å². The Hall–Kier alpha value is -0.970. The molecule has 0 heterocycles. The fraction of sp³-hybridized carbons (Fsp3) is 0.600. The molecule has 0 amide bonds. The first-order chi connectivity index (χ1) is 9.19. The summed E-state index contributed by atoms with van der Waals surface area (Å²) < 4.78 is 18.7. The molecular formula is C15H23FN2O. The lowest BCUT2D eigenvalue weighted by Crippen LogP contribution is -2.24. The van der Waals surface area contributed by atoms with Crippen LogP contribution in [0.25, 0.3) is 0 Å². The van der Waals surface area contributed by atoms with Crippen LogP contribution in [-0.4, -0.2) is 31.7 Å². The van der Waals surface area contributed by atoms with Crippen LogP contribution in [0.1, 0.15) is 24.0 Å². The molecule has 3 nitrogen and oxygen atoms in total. The van der Waals surface area contributed by atoms with Gasteiger partial charge in [0.25, 0.3) is 0 Å². The number of likely N-dealkylation sites (N-methyl/N-ethyl adjacent to an activating group) is 1. The van der Waals surface area contributed by atoms with Gasteiger partial charge in [-0.1, -0.05) is 6.07 Å². The molecule has 0 radical (unpaired) electrons. The summed E-state index contributed by atoms with van der Waals surface area (Å²) in [5, 5.41) is 0. The average molecular weight is 266 g/mol. The number of hydrogen-bond donors (Lipinski definition) is 1. The van der Waals surface area contributed by atoms with Crippen molar-refractivity contribution in [1.82, 2.24) is 4.90 Å². The van der Waals surface area contributed by atoms with Gasteiger partial charge in [0.15, 0.2) is 0 Å². The minimum Gasteiger partial charge on any atom is -0.380 e. The molecule has 0 aliphatic heterocycles. The van der Waals surface area contributed by atoms with Gasteiger partial charge in [-0.15, -0.1) is 0 Å². The van der Waals surface area contributed by atoms with Gasteiger partial charge in [-0.25, -0.2) is 4.39 Å². The number of nitrogens with zero attached hydrogens (tertiary/aromatic N) is 1. The van der Waals surface area contributed by atoms with Gasteiger partial charge in [0.2, 0.25) is 0 Å². The number of benzene rings is 1. The quantitative estimate of drug-likeness (QED) is 0.733. The maximum absolute atomic E-state index is 13.1. The number of nitrogens with two attached hydrogens (primary N) is 1. The predicted octanol–water partition coefficient (Wildman–Crippen LogP) is 2.14. The summed E-state index contributed by atoms with van der Waals surface area (Å²) in [6.07, 6.45) is 2.65. The van der Waals surface area contributed by atoms with Crippen LogP contribution in [0.3, 0.4) is 0 Å². The lowest BCUT2D eigenvalue weighted by atomic mass is 10.1. The second-order valence-corrected chi connectivity index (χ2v) is 5.37. The van der Waals surface area contributed by atoms with Crippen LogP contribution in [-0.2, 0) is 17.8 Å². The Morgan fingerprint density at radius 1 is 1.37 bits per heavy atom. The Morgan fingerprint density at radius 2 is 2.16 bits per heavy atom. The van der Waals surface area contributed by atoms with Gasteiger partial charge in [0, 0.05) is 26.2 Å². The molecule has 2 rings (SSSR count). The molecular weight excluding hydrogens is 243 g/mol. The van der Waals surface area contributed by atoms with Gasteiger partial charge in [-0.2, -0.15) is 0 Å². The Kier molecular flexibility index (Phi) is 5.31. The van der Waals surface area contributed by atoms with E-state index < -0.39 is 0 Å². The molecule has 0 unspecified atom stereocenters. The van der Waals surface area contributed by atoms with Crippen molar-refractivity contribution < 1.29 is 9.13 Å². The van der Waals surface area contributed by atoms with Crippen molar-refractivity contribution in [3.05, 3.63) is 35.1 Å². The highest BCUT2D eigenvalue weighted by atomic mass is 19.1.